The van der Waals surface area contributed by atoms with E-state index in [-0.39, 0.29) is 0 Å². The Labute approximate surface area is 107 Å². The zero-order valence-corrected chi connectivity index (χ0v) is 10.5. The normalized spacial score (nSPS) is 15.6. The fourth-order valence-corrected chi connectivity index (χ4v) is 2.26. The van der Waals surface area contributed by atoms with E-state index < -0.39 is 11.6 Å². The topological polar surface area (TPSA) is 12.0 Å². The van der Waals surface area contributed by atoms with Crippen molar-refractivity contribution in [2.24, 2.45) is 0 Å². The fourth-order valence-electron chi connectivity index (χ4n) is 2.26. The molecule has 0 aromatic heterocycles. The van der Waals surface area contributed by atoms with E-state index in [1.54, 1.807) is 6.07 Å². The fraction of sp³-hybridized carbons (Fsp3) is 0.467. The molecular weight excluding hydrogens is 232 g/mol. The van der Waals surface area contributed by atoms with E-state index in [0.29, 0.717) is 6.54 Å². The third kappa shape index (κ3) is 3.91. The van der Waals surface area contributed by atoms with Gasteiger partial charge in [0.1, 0.15) is 0 Å². The Balaban J connectivity index is 1.71. The Morgan fingerprint density at radius 1 is 1.11 bits per heavy atom. The van der Waals surface area contributed by atoms with Gasteiger partial charge in [0.05, 0.1) is 0 Å². The highest BCUT2D eigenvalue weighted by Crippen LogP contribution is 2.19. The number of hydrogen-bond donors (Lipinski definition) is 1. The lowest BCUT2D eigenvalue weighted by Gasteiger charge is -2.13. The third-order valence-corrected chi connectivity index (χ3v) is 3.32. The smallest absolute Gasteiger partial charge is 0.159 e. The summed E-state index contributed by atoms with van der Waals surface area (Å²) in [4.78, 5) is 0. The maximum Gasteiger partial charge on any atom is 0.159 e. The van der Waals surface area contributed by atoms with Crippen LogP contribution in [0, 0.1) is 11.6 Å². The molecule has 0 amide bonds. The minimum absolute atomic E-state index is 0.588. The molecule has 0 radical (unpaired) electrons. The molecule has 1 N–H and O–H groups in total. The largest absolute Gasteiger partial charge is 0.312 e. The first-order chi connectivity index (χ1) is 8.75. The molecule has 1 aromatic carbocycles. The van der Waals surface area contributed by atoms with Crippen molar-refractivity contribution in [3.05, 3.63) is 47.0 Å². The van der Waals surface area contributed by atoms with E-state index in [1.165, 1.54) is 43.4 Å². The van der Waals surface area contributed by atoms with Crippen molar-refractivity contribution in [3.8, 4) is 0 Å². The minimum atomic E-state index is -0.786. The van der Waals surface area contributed by atoms with Gasteiger partial charge in [0.25, 0.3) is 0 Å². The van der Waals surface area contributed by atoms with Crippen LogP contribution in [0.1, 0.15) is 37.7 Å². The number of allylic oxidation sites excluding steroid dienone is 1. The standard InChI is InChI=1S/C15H19F2N/c16-14-7-6-13(10-15(14)17)11-18-9-8-12-4-2-1-3-5-12/h4,6-7,10,18H,1-3,5,8-9,11H2. The van der Waals surface area contributed by atoms with Gasteiger partial charge in [-0.05, 0) is 56.3 Å². The summed E-state index contributed by atoms with van der Waals surface area (Å²) in [6.45, 7) is 1.48. The van der Waals surface area contributed by atoms with E-state index in [1.807, 2.05) is 0 Å². The number of hydrogen-bond acceptors (Lipinski definition) is 1. The number of rotatable bonds is 5. The van der Waals surface area contributed by atoms with Gasteiger partial charge < -0.3 is 5.32 Å². The van der Waals surface area contributed by atoms with Gasteiger partial charge in [-0.15, -0.1) is 0 Å². The molecule has 0 saturated carbocycles. The second-order valence-corrected chi connectivity index (χ2v) is 4.78. The average Bonchev–Trinajstić information content (AvgIpc) is 2.40. The van der Waals surface area contributed by atoms with Crippen LogP contribution in [-0.2, 0) is 6.54 Å². The Morgan fingerprint density at radius 2 is 2.00 bits per heavy atom. The molecule has 0 unspecified atom stereocenters. The monoisotopic (exact) mass is 251 g/mol. The van der Waals surface area contributed by atoms with Crippen LogP contribution in [0.4, 0.5) is 8.78 Å². The molecule has 3 heteroatoms. The van der Waals surface area contributed by atoms with Gasteiger partial charge in [0.15, 0.2) is 11.6 Å². The molecular formula is C15H19F2N. The first-order valence-electron chi connectivity index (χ1n) is 6.58. The Hall–Kier alpha value is -1.22. The predicted octanol–water partition coefficient (Wildman–Crippen LogP) is 3.94. The van der Waals surface area contributed by atoms with Crippen molar-refractivity contribution in [2.45, 2.75) is 38.6 Å². The zero-order chi connectivity index (χ0) is 12.8. The molecule has 0 saturated heterocycles. The van der Waals surface area contributed by atoms with Gasteiger partial charge in [-0.3, -0.25) is 0 Å². The molecule has 2 rings (SSSR count). The molecule has 1 nitrogen and oxygen atoms in total. The summed E-state index contributed by atoms with van der Waals surface area (Å²) >= 11 is 0. The summed E-state index contributed by atoms with van der Waals surface area (Å²) in [5.41, 5.74) is 2.31. The molecule has 0 spiro atoms. The third-order valence-electron chi connectivity index (χ3n) is 3.32. The molecule has 98 valence electrons. The molecule has 0 atom stereocenters. The zero-order valence-electron chi connectivity index (χ0n) is 10.5. The van der Waals surface area contributed by atoms with Gasteiger partial charge in [-0.1, -0.05) is 17.7 Å². The van der Waals surface area contributed by atoms with Crippen LogP contribution >= 0.6 is 0 Å². The van der Waals surface area contributed by atoms with Crippen LogP contribution < -0.4 is 5.32 Å². The van der Waals surface area contributed by atoms with E-state index >= 15 is 0 Å². The van der Waals surface area contributed by atoms with Crippen LogP contribution in [0.15, 0.2) is 29.8 Å². The lowest BCUT2D eigenvalue weighted by atomic mass is 9.97. The Bertz CT molecular complexity index is 427. The van der Waals surface area contributed by atoms with Crippen LogP contribution in [0.5, 0.6) is 0 Å². The highest BCUT2D eigenvalue weighted by Gasteiger charge is 2.04. The minimum Gasteiger partial charge on any atom is -0.312 e. The van der Waals surface area contributed by atoms with E-state index in [2.05, 4.69) is 11.4 Å². The molecule has 0 heterocycles. The van der Waals surface area contributed by atoms with Crippen molar-refractivity contribution < 1.29 is 8.78 Å². The van der Waals surface area contributed by atoms with Gasteiger partial charge >= 0.3 is 0 Å². The van der Waals surface area contributed by atoms with Crippen LogP contribution in [0.25, 0.3) is 0 Å². The summed E-state index contributed by atoms with van der Waals surface area (Å²) in [5, 5.41) is 3.27. The van der Waals surface area contributed by atoms with Gasteiger partial charge in [0.2, 0.25) is 0 Å². The first-order valence-corrected chi connectivity index (χ1v) is 6.58. The maximum atomic E-state index is 13.0. The van der Waals surface area contributed by atoms with Crippen LogP contribution in [-0.4, -0.2) is 6.54 Å². The molecule has 0 fully saturated rings. The van der Waals surface area contributed by atoms with E-state index in [9.17, 15) is 8.78 Å². The SMILES string of the molecule is Fc1ccc(CNCCC2=CCCCC2)cc1F. The quantitative estimate of drug-likeness (QED) is 0.617. The predicted molar refractivity (Wildman–Crippen MR) is 69.2 cm³/mol. The van der Waals surface area contributed by atoms with E-state index in [0.717, 1.165) is 18.5 Å². The van der Waals surface area contributed by atoms with Crippen LogP contribution in [0.3, 0.4) is 0 Å². The molecule has 0 bridgehead atoms. The highest BCUT2D eigenvalue weighted by atomic mass is 19.2. The number of nitrogens with one attached hydrogen (secondary N) is 1. The van der Waals surface area contributed by atoms with Crippen LogP contribution in [0.2, 0.25) is 0 Å². The molecule has 1 aliphatic carbocycles. The summed E-state index contributed by atoms with van der Waals surface area (Å²) < 4.78 is 25.7. The lowest BCUT2D eigenvalue weighted by molar-refractivity contribution is 0.506. The first kappa shape index (κ1) is 13.2. The molecule has 1 aliphatic rings. The molecule has 18 heavy (non-hydrogen) atoms. The van der Waals surface area contributed by atoms with Gasteiger partial charge in [-0.2, -0.15) is 0 Å². The van der Waals surface area contributed by atoms with Crippen molar-refractivity contribution in [3.63, 3.8) is 0 Å². The molecule has 0 aliphatic heterocycles. The molecule has 1 aromatic rings. The van der Waals surface area contributed by atoms with Crippen molar-refractivity contribution >= 4 is 0 Å². The van der Waals surface area contributed by atoms with Gasteiger partial charge in [0, 0.05) is 6.54 Å². The maximum absolute atomic E-state index is 13.0. The Kier molecular flexibility index (Phi) is 4.88. The van der Waals surface area contributed by atoms with E-state index in [4.69, 9.17) is 0 Å². The lowest BCUT2D eigenvalue weighted by Crippen LogP contribution is -2.15. The summed E-state index contributed by atoms with van der Waals surface area (Å²) in [7, 11) is 0. The number of halogens is 2. The summed E-state index contributed by atoms with van der Waals surface area (Å²) in [6.07, 6.45) is 8.43. The van der Waals surface area contributed by atoms with Crippen molar-refractivity contribution in [2.75, 3.05) is 6.54 Å². The second-order valence-electron chi connectivity index (χ2n) is 4.78. The van der Waals surface area contributed by atoms with Crippen molar-refractivity contribution in [1.82, 2.24) is 5.32 Å². The average molecular weight is 251 g/mol. The summed E-state index contributed by atoms with van der Waals surface area (Å²) in [6, 6.07) is 4.05. The summed E-state index contributed by atoms with van der Waals surface area (Å²) in [5.74, 6) is -1.56. The second kappa shape index (κ2) is 6.64. The van der Waals surface area contributed by atoms with Crippen molar-refractivity contribution in [1.29, 1.82) is 0 Å². The van der Waals surface area contributed by atoms with Gasteiger partial charge in [-0.25, -0.2) is 8.78 Å². The Morgan fingerprint density at radius 3 is 2.72 bits per heavy atom. The number of benzene rings is 1. The highest BCUT2D eigenvalue weighted by molar-refractivity contribution is 5.17.